The fourth-order valence-corrected chi connectivity index (χ4v) is 1.55. The maximum absolute atomic E-state index is 5.31. The van der Waals surface area contributed by atoms with E-state index >= 15 is 0 Å². The average molecular weight is 157 g/mol. The second kappa shape index (κ2) is 5.52. The van der Waals surface area contributed by atoms with Gasteiger partial charge in [-0.3, -0.25) is 0 Å². The van der Waals surface area contributed by atoms with E-state index in [4.69, 9.17) is 5.73 Å². The number of nitrogens with two attached hydrogens (primary N) is 1. The fourth-order valence-electron chi connectivity index (χ4n) is 1.55. The number of piperidine rings is 1. The lowest BCUT2D eigenvalue weighted by molar-refractivity contribution is 0.377. The molecule has 66 valence electrons. The predicted octanol–water partition coefficient (Wildman–Crippen LogP) is 0.0244. The smallest absolute Gasteiger partial charge is 0.0428 e. The topological polar surface area (TPSA) is 50.1 Å². The minimum Gasteiger partial charge on any atom is -0.318 e. The van der Waals surface area contributed by atoms with E-state index in [0.29, 0.717) is 6.67 Å². The molecule has 1 heterocycles. The third kappa shape index (κ3) is 3.70. The molecule has 4 N–H and O–H groups in total. The van der Waals surface area contributed by atoms with Crippen molar-refractivity contribution < 1.29 is 0 Å². The Morgan fingerprint density at radius 3 is 3.00 bits per heavy atom. The van der Waals surface area contributed by atoms with Crippen molar-refractivity contribution in [3.05, 3.63) is 0 Å². The average Bonchev–Trinajstić information content (AvgIpc) is 2.07. The van der Waals surface area contributed by atoms with Crippen LogP contribution in [0.15, 0.2) is 0 Å². The molecule has 0 saturated carbocycles. The minimum atomic E-state index is 0.604. The Morgan fingerprint density at radius 2 is 2.36 bits per heavy atom. The molecule has 0 aromatic rings. The summed E-state index contributed by atoms with van der Waals surface area (Å²) in [5.74, 6) is 0. The van der Waals surface area contributed by atoms with Crippen LogP contribution < -0.4 is 16.4 Å². The van der Waals surface area contributed by atoms with Gasteiger partial charge in [-0.2, -0.15) is 0 Å². The van der Waals surface area contributed by atoms with Gasteiger partial charge < -0.3 is 16.4 Å². The zero-order valence-corrected chi connectivity index (χ0v) is 7.10. The molecular weight excluding hydrogens is 138 g/mol. The SMILES string of the molecule is NCNCCC1CCCCN1. The zero-order chi connectivity index (χ0) is 7.94. The number of nitrogens with one attached hydrogen (secondary N) is 2. The number of hydrogen-bond acceptors (Lipinski definition) is 3. The van der Waals surface area contributed by atoms with Gasteiger partial charge in [0.25, 0.3) is 0 Å². The lowest BCUT2D eigenvalue weighted by atomic mass is 10.0. The van der Waals surface area contributed by atoms with E-state index in [1.807, 2.05) is 0 Å². The van der Waals surface area contributed by atoms with E-state index in [2.05, 4.69) is 10.6 Å². The Balaban J connectivity index is 1.96. The maximum atomic E-state index is 5.31. The van der Waals surface area contributed by atoms with Crippen LogP contribution in [0.2, 0.25) is 0 Å². The van der Waals surface area contributed by atoms with Crippen molar-refractivity contribution in [2.24, 2.45) is 5.73 Å². The van der Waals surface area contributed by atoms with Crippen LogP contribution in [0.1, 0.15) is 25.7 Å². The van der Waals surface area contributed by atoms with Gasteiger partial charge in [0, 0.05) is 12.7 Å². The predicted molar refractivity (Wildman–Crippen MR) is 47.3 cm³/mol. The summed E-state index contributed by atoms with van der Waals surface area (Å²) in [4.78, 5) is 0. The van der Waals surface area contributed by atoms with Gasteiger partial charge in [-0.1, -0.05) is 6.42 Å². The number of hydrogen-bond donors (Lipinski definition) is 3. The highest BCUT2D eigenvalue weighted by molar-refractivity contribution is 4.72. The van der Waals surface area contributed by atoms with E-state index < -0.39 is 0 Å². The molecule has 0 aliphatic carbocycles. The second-order valence-corrected chi connectivity index (χ2v) is 3.14. The highest BCUT2D eigenvalue weighted by Gasteiger charge is 2.10. The third-order valence-electron chi connectivity index (χ3n) is 2.23. The van der Waals surface area contributed by atoms with Crippen LogP contribution in [-0.4, -0.2) is 25.8 Å². The molecule has 1 aliphatic heterocycles. The molecule has 3 heteroatoms. The van der Waals surface area contributed by atoms with Crippen LogP contribution in [0.25, 0.3) is 0 Å². The summed E-state index contributed by atoms with van der Waals surface area (Å²) in [5.41, 5.74) is 5.31. The summed E-state index contributed by atoms with van der Waals surface area (Å²) in [7, 11) is 0. The molecule has 0 spiro atoms. The van der Waals surface area contributed by atoms with Gasteiger partial charge in [0.2, 0.25) is 0 Å². The second-order valence-electron chi connectivity index (χ2n) is 3.14. The molecule has 1 unspecified atom stereocenters. The van der Waals surface area contributed by atoms with Gasteiger partial charge in [0.05, 0.1) is 0 Å². The van der Waals surface area contributed by atoms with Crippen LogP contribution in [-0.2, 0) is 0 Å². The normalized spacial score (nSPS) is 25.4. The molecule has 0 bridgehead atoms. The van der Waals surface area contributed by atoms with Gasteiger partial charge >= 0.3 is 0 Å². The Kier molecular flexibility index (Phi) is 4.50. The van der Waals surface area contributed by atoms with E-state index in [-0.39, 0.29) is 0 Å². The van der Waals surface area contributed by atoms with Gasteiger partial charge in [0.1, 0.15) is 0 Å². The molecule has 0 radical (unpaired) electrons. The lowest BCUT2D eigenvalue weighted by Gasteiger charge is -2.23. The summed E-state index contributed by atoms with van der Waals surface area (Å²) >= 11 is 0. The standard InChI is InChI=1S/C8H19N3/c9-7-10-6-4-8-3-1-2-5-11-8/h8,10-11H,1-7,9H2. The minimum absolute atomic E-state index is 0.604. The lowest BCUT2D eigenvalue weighted by Crippen LogP contribution is -2.37. The largest absolute Gasteiger partial charge is 0.318 e. The van der Waals surface area contributed by atoms with Crippen molar-refractivity contribution in [2.45, 2.75) is 31.7 Å². The van der Waals surface area contributed by atoms with Crippen molar-refractivity contribution in [1.29, 1.82) is 0 Å². The summed E-state index contributed by atoms with van der Waals surface area (Å²) in [6, 6.07) is 0.739. The van der Waals surface area contributed by atoms with Gasteiger partial charge in [-0.15, -0.1) is 0 Å². The van der Waals surface area contributed by atoms with Gasteiger partial charge in [-0.05, 0) is 32.4 Å². The van der Waals surface area contributed by atoms with Crippen LogP contribution in [0.3, 0.4) is 0 Å². The van der Waals surface area contributed by atoms with Crippen LogP contribution >= 0.6 is 0 Å². The molecule has 1 aliphatic rings. The first kappa shape index (κ1) is 8.97. The van der Waals surface area contributed by atoms with E-state index in [9.17, 15) is 0 Å². The van der Waals surface area contributed by atoms with Crippen LogP contribution in [0, 0.1) is 0 Å². The molecule has 1 fully saturated rings. The quantitative estimate of drug-likeness (QED) is 0.398. The van der Waals surface area contributed by atoms with Gasteiger partial charge in [-0.25, -0.2) is 0 Å². The van der Waals surface area contributed by atoms with E-state index in [0.717, 1.165) is 12.6 Å². The number of rotatable bonds is 4. The maximum Gasteiger partial charge on any atom is 0.0428 e. The van der Waals surface area contributed by atoms with Crippen LogP contribution in [0.4, 0.5) is 0 Å². The Labute approximate surface area is 68.7 Å². The zero-order valence-electron chi connectivity index (χ0n) is 7.10. The first-order valence-corrected chi connectivity index (χ1v) is 4.57. The molecule has 1 saturated heterocycles. The van der Waals surface area contributed by atoms with Crippen molar-refractivity contribution in [1.82, 2.24) is 10.6 Å². The van der Waals surface area contributed by atoms with Crippen molar-refractivity contribution in [2.75, 3.05) is 19.8 Å². The van der Waals surface area contributed by atoms with Crippen LogP contribution in [0.5, 0.6) is 0 Å². The molecule has 1 atom stereocenters. The molecule has 1 rings (SSSR count). The Hall–Kier alpha value is -0.120. The van der Waals surface area contributed by atoms with Gasteiger partial charge in [0.15, 0.2) is 0 Å². The first-order chi connectivity index (χ1) is 5.43. The highest BCUT2D eigenvalue weighted by Crippen LogP contribution is 2.08. The molecule has 0 aromatic carbocycles. The summed E-state index contributed by atoms with van der Waals surface area (Å²) in [5, 5.41) is 6.63. The Morgan fingerprint density at radius 1 is 1.45 bits per heavy atom. The van der Waals surface area contributed by atoms with Crippen molar-refractivity contribution in [3.8, 4) is 0 Å². The van der Waals surface area contributed by atoms with Crippen molar-refractivity contribution in [3.63, 3.8) is 0 Å². The molecular formula is C8H19N3. The first-order valence-electron chi connectivity index (χ1n) is 4.57. The summed E-state index contributed by atoms with van der Waals surface area (Å²) < 4.78 is 0. The fraction of sp³-hybridized carbons (Fsp3) is 1.00. The summed E-state index contributed by atoms with van der Waals surface area (Å²) in [6.07, 6.45) is 5.30. The monoisotopic (exact) mass is 157 g/mol. The highest BCUT2D eigenvalue weighted by atomic mass is 15.0. The Bertz CT molecular complexity index is 89.3. The molecule has 0 amide bonds. The molecule has 3 nitrogen and oxygen atoms in total. The van der Waals surface area contributed by atoms with E-state index in [1.54, 1.807) is 0 Å². The molecule has 11 heavy (non-hydrogen) atoms. The third-order valence-corrected chi connectivity index (χ3v) is 2.23. The van der Waals surface area contributed by atoms with Crippen molar-refractivity contribution >= 4 is 0 Å². The molecule has 0 aromatic heterocycles. The van der Waals surface area contributed by atoms with E-state index in [1.165, 1.54) is 32.2 Å². The summed E-state index contributed by atoms with van der Waals surface area (Å²) in [6.45, 7) is 2.86.